The van der Waals surface area contributed by atoms with Gasteiger partial charge in [-0.3, -0.25) is 0 Å². The molecule has 1 aromatic rings. The minimum absolute atomic E-state index is 0.0966. The van der Waals surface area contributed by atoms with Gasteiger partial charge in [0.25, 0.3) is 0 Å². The Morgan fingerprint density at radius 3 is 2.29 bits per heavy atom. The summed E-state index contributed by atoms with van der Waals surface area (Å²) in [5.41, 5.74) is 2.54. The van der Waals surface area contributed by atoms with Gasteiger partial charge in [0, 0.05) is 0 Å². The van der Waals surface area contributed by atoms with Crippen LogP contribution >= 0.6 is 0 Å². The van der Waals surface area contributed by atoms with Gasteiger partial charge in [-0.15, -0.1) is 0 Å². The minimum Gasteiger partial charge on any atom is -0.207 e. The van der Waals surface area contributed by atoms with Crippen LogP contribution in [0.2, 0.25) is 0 Å². The predicted molar refractivity (Wildman–Crippen MR) is 58.9 cm³/mol. The van der Waals surface area contributed by atoms with Crippen molar-refractivity contribution in [3.63, 3.8) is 0 Å². The lowest BCUT2D eigenvalue weighted by molar-refractivity contribution is 0.626. The highest BCUT2D eigenvalue weighted by Crippen LogP contribution is 2.21. The van der Waals surface area contributed by atoms with Gasteiger partial charge >= 0.3 is 0 Å². The largest absolute Gasteiger partial charge is 0.207 e. The maximum Gasteiger partial charge on any atom is 0.123 e. The van der Waals surface area contributed by atoms with Gasteiger partial charge in [-0.05, 0) is 48.4 Å². The molecule has 0 unspecified atom stereocenters. The summed E-state index contributed by atoms with van der Waals surface area (Å²) in [4.78, 5) is 0. The molecule has 0 amide bonds. The number of rotatable bonds is 0. The third-order valence-electron chi connectivity index (χ3n) is 2.06. The SMILES string of the molecule is CC(C)C.Fc1ccc2c(c1)CCC2. The third-order valence-corrected chi connectivity index (χ3v) is 2.06. The highest BCUT2D eigenvalue weighted by Gasteiger charge is 2.09. The molecule has 2 rings (SSSR count). The van der Waals surface area contributed by atoms with Gasteiger partial charge in [-0.25, -0.2) is 4.39 Å². The molecule has 1 aliphatic carbocycles. The summed E-state index contributed by atoms with van der Waals surface area (Å²) in [5, 5.41) is 0. The van der Waals surface area contributed by atoms with E-state index in [1.807, 2.05) is 6.07 Å². The molecule has 14 heavy (non-hydrogen) atoms. The van der Waals surface area contributed by atoms with E-state index in [1.165, 1.54) is 17.5 Å². The first kappa shape index (κ1) is 11.2. The molecule has 1 heteroatoms. The molecule has 0 aromatic heterocycles. The van der Waals surface area contributed by atoms with E-state index in [4.69, 9.17) is 0 Å². The van der Waals surface area contributed by atoms with Crippen LogP contribution < -0.4 is 0 Å². The van der Waals surface area contributed by atoms with Gasteiger partial charge in [0.15, 0.2) is 0 Å². The van der Waals surface area contributed by atoms with Crippen molar-refractivity contribution in [3.8, 4) is 0 Å². The molecule has 0 atom stereocenters. The number of hydrogen-bond acceptors (Lipinski definition) is 0. The van der Waals surface area contributed by atoms with Crippen molar-refractivity contribution in [3.05, 3.63) is 35.1 Å². The summed E-state index contributed by atoms with van der Waals surface area (Å²) in [5.74, 6) is 0.737. The zero-order chi connectivity index (χ0) is 10.6. The van der Waals surface area contributed by atoms with E-state index in [1.54, 1.807) is 12.1 Å². The van der Waals surface area contributed by atoms with Crippen LogP contribution in [0.5, 0.6) is 0 Å². The molecule has 0 radical (unpaired) electrons. The maximum absolute atomic E-state index is 12.6. The number of halogens is 1. The van der Waals surface area contributed by atoms with Gasteiger partial charge < -0.3 is 0 Å². The Morgan fingerprint density at radius 1 is 1.07 bits per heavy atom. The first-order valence-corrected chi connectivity index (χ1v) is 5.37. The van der Waals surface area contributed by atoms with E-state index in [-0.39, 0.29) is 5.82 Å². The average molecular weight is 194 g/mol. The van der Waals surface area contributed by atoms with Crippen molar-refractivity contribution >= 4 is 0 Å². The highest BCUT2D eigenvalue weighted by molar-refractivity contribution is 5.31. The first-order valence-electron chi connectivity index (χ1n) is 5.37. The molecule has 1 aliphatic rings. The number of benzene rings is 1. The zero-order valence-electron chi connectivity index (χ0n) is 9.31. The minimum atomic E-state index is -0.0966. The van der Waals surface area contributed by atoms with E-state index >= 15 is 0 Å². The Labute approximate surface area is 86.2 Å². The van der Waals surface area contributed by atoms with Gasteiger partial charge in [-0.1, -0.05) is 26.8 Å². The van der Waals surface area contributed by atoms with Crippen LogP contribution in [0.1, 0.15) is 38.3 Å². The van der Waals surface area contributed by atoms with Crippen LogP contribution in [0.4, 0.5) is 4.39 Å². The molecule has 0 bridgehead atoms. The lowest BCUT2D eigenvalue weighted by atomic mass is 10.1. The fourth-order valence-electron chi connectivity index (χ4n) is 1.54. The molecule has 0 saturated heterocycles. The van der Waals surface area contributed by atoms with Crippen molar-refractivity contribution in [1.82, 2.24) is 0 Å². The Kier molecular flexibility index (Phi) is 4.12. The molecule has 0 saturated carbocycles. The van der Waals surface area contributed by atoms with Crippen molar-refractivity contribution < 1.29 is 4.39 Å². The molecule has 0 N–H and O–H groups in total. The van der Waals surface area contributed by atoms with Gasteiger partial charge in [0.05, 0.1) is 0 Å². The van der Waals surface area contributed by atoms with Crippen LogP contribution in [0.25, 0.3) is 0 Å². The number of aryl methyl sites for hydroxylation is 2. The van der Waals surface area contributed by atoms with E-state index in [0.29, 0.717) is 0 Å². The summed E-state index contributed by atoms with van der Waals surface area (Å²) in [6, 6.07) is 5.10. The molecule has 0 fully saturated rings. The summed E-state index contributed by atoms with van der Waals surface area (Å²) < 4.78 is 12.6. The molecular weight excluding hydrogens is 175 g/mol. The summed E-state index contributed by atoms with van der Waals surface area (Å²) in [6.07, 6.45) is 3.39. The van der Waals surface area contributed by atoms with Crippen molar-refractivity contribution in [2.45, 2.75) is 40.0 Å². The quantitative estimate of drug-likeness (QED) is 0.586. The maximum atomic E-state index is 12.6. The van der Waals surface area contributed by atoms with Crippen molar-refractivity contribution in [1.29, 1.82) is 0 Å². The fraction of sp³-hybridized carbons (Fsp3) is 0.538. The second kappa shape index (κ2) is 5.14. The molecule has 0 aliphatic heterocycles. The lowest BCUT2D eigenvalue weighted by Crippen LogP contribution is -1.82. The van der Waals surface area contributed by atoms with Crippen LogP contribution in [0.15, 0.2) is 18.2 Å². The normalized spacial score (nSPS) is 13.5. The zero-order valence-corrected chi connectivity index (χ0v) is 9.31. The van der Waals surface area contributed by atoms with Gasteiger partial charge in [-0.2, -0.15) is 0 Å². The summed E-state index contributed by atoms with van der Waals surface area (Å²) >= 11 is 0. The average Bonchev–Trinajstić information content (AvgIpc) is 2.49. The van der Waals surface area contributed by atoms with Crippen molar-refractivity contribution in [2.75, 3.05) is 0 Å². The van der Waals surface area contributed by atoms with Crippen LogP contribution in [-0.2, 0) is 12.8 Å². The topological polar surface area (TPSA) is 0 Å². The standard InChI is InChI=1S/C9H9F.C4H10/c10-9-5-4-7-2-1-3-8(7)6-9;1-4(2)3/h4-6H,1-3H2;4H,1-3H3. The molecule has 0 spiro atoms. The second-order valence-corrected chi connectivity index (χ2v) is 4.50. The molecular formula is C13H19F. The Bertz CT molecular complexity index is 287. The van der Waals surface area contributed by atoms with E-state index in [9.17, 15) is 4.39 Å². The van der Waals surface area contributed by atoms with Crippen LogP contribution in [-0.4, -0.2) is 0 Å². The van der Waals surface area contributed by atoms with Gasteiger partial charge in [0.2, 0.25) is 0 Å². The van der Waals surface area contributed by atoms with Crippen molar-refractivity contribution in [2.24, 2.45) is 5.92 Å². The predicted octanol–water partition coefficient (Wildman–Crippen LogP) is 3.98. The van der Waals surface area contributed by atoms with E-state index in [0.717, 1.165) is 18.8 Å². The van der Waals surface area contributed by atoms with Crippen LogP contribution in [0.3, 0.4) is 0 Å². The Balaban J connectivity index is 0.000000213. The Morgan fingerprint density at radius 2 is 1.64 bits per heavy atom. The second-order valence-electron chi connectivity index (χ2n) is 4.50. The molecule has 78 valence electrons. The van der Waals surface area contributed by atoms with Gasteiger partial charge in [0.1, 0.15) is 5.82 Å². The molecule has 0 nitrogen and oxygen atoms in total. The molecule has 1 aromatic carbocycles. The molecule has 0 heterocycles. The monoisotopic (exact) mass is 194 g/mol. The highest BCUT2D eigenvalue weighted by atomic mass is 19.1. The first-order chi connectivity index (χ1) is 6.59. The summed E-state index contributed by atoms with van der Waals surface area (Å²) in [7, 11) is 0. The summed E-state index contributed by atoms with van der Waals surface area (Å²) in [6.45, 7) is 6.50. The van der Waals surface area contributed by atoms with E-state index in [2.05, 4.69) is 20.8 Å². The van der Waals surface area contributed by atoms with Crippen LogP contribution in [0, 0.1) is 11.7 Å². The lowest BCUT2D eigenvalue weighted by Gasteiger charge is -1.95. The number of fused-ring (bicyclic) bond motifs is 1. The smallest absolute Gasteiger partial charge is 0.123 e. The fourth-order valence-corrected chi connectivity index (χ4v) is 1.54. The van der Waals surface area contributed by atoms with E-state index < -0.39 is 0 Å². The third kappa shape index (κ3) is 3.49. The number of hydrogen-bond donors (Lipinski definition) is 0. The Hall–Kier alpha value is -0.850.